The lowest BCUT2D eigenvalue weighted by Crippen LogP contribution is -2.58. The van der Waals surface area contributed by atoms with E-state index in [1.54, 1.807) is 31.2 Å². The van der Waals surface area contributed by atoms with Gasteiger partial charge in [0.25, 0.3) is 11.8 Å². The number of nitrogens with one attached hydrogen (secondary N) is 3. The van der Waals surface area contributed by atoms with Gasteiger partial charge in [0.05, 0.1) is 30.1 Å². The molecule has 0 unspecified atom stereocenters. The number of allylic oxidation sites excluding steroid dienone is 1. The zero-order chi connectivity index (χ0) is 45.7. The topological polar surface area (TPSA) is 208 Å². The molecule has 5 atom stereocenters. The average Bonchev–Trinajstić information content (AvgIpc) is 4.10. The van der Waals surface area contributed by atoms with Crippen LogP contribution in [0.25, 0.3) is 33.5 Å². The third kappa shape index (κ3) is 9.10. The minimum absolute atomic E-state index is 0.0255. The van der Waals surface area contributed by atoms with Gasteiger partial charge in [-0.1, -0.05) is 49.3 Å². The number of sulfonamides is 1. The number of furan rings is 1. The van der Waals surface area contributed by atoms with Gasteiger partial charge in [-0.15, -0.1) is 0 Å². The van der Waals surface area contributed by atoms with E-state index in [0.717, 1.165) is 18.6 Å². The van der Waals surface area contributed by atoms with Gasteiger partial charge >= 0.3 is 12.3 Å². The van der Waals surface area contributed by atoms with Crippen LogP contribution in [-0.4, -0.2) is 101 Å². The van der Waals surface area contributed by atoms with Crippen molar-refractivity contribution in [1.29, 1.82) is 0 Å². The van der Waals surface area contributed by atoms with Crippen LogP contribution in [0, 0.1) is 5.92 Å². The van der Waals surface area contributed by atoms with Crippen LogP contribution in [0.1, 0.15) is 83.1 Å². The fourth-order valence-electron chi connectivity index (χ4n) is 8.81. The second-order valence-corrected chi connectivity index (χ2v) is 20.0. The number of para-hydroxylation sites is 1. The first kappa shape index (κ1) is 44.4. The summed E-state index contributed by atoms with van der Waals surface area (Å²) in [7, 11) is -4.08. The van der Waals surface area contributed by atoms with Crippen LogP contribution in [-0.2, 0) is 40.1 Å². The molecule has 0 bridgehead atoms. The number of alkyl carbamates (subject to hydrolysis) is 1. The van der Waals surface area contributed by atoms with Crippen LogP contribution in [0.15, 0.2) is 65.1 Å². The summed E-state index contributed by atoms with van der Waals surface area (Å²) in [6.07, 6.45) is 1.49. The predicted molar refractivity (Wildman–Crippen MR) is 227 cm³/mol. The number of hydrogen-bond acceptors (Lipinski definition) is 12. The Kier molecular flexibility index (Phi) is 11.8. The molecule has 20 heteroatoms. The van der Waals surface area contributed by atoms with Crippen LogP contribution in [0.5, 0.6) is 5.88 Å². The number of benzene rings is 2. The molecule has 2 aromatic heterocycles. The van der Waals surface area contributed by atoms with Crippen molar-refractivity contribution in [2.75, 3.05) is 19.8 Å². The predicted octanol–water partition coefficient (Wildman–Crippen LogP) is 6.08. The van der Waals surface area contributed by atoms with E-state index in [-0.39, 0.29) is 48.7 Å². The first-order valence-corrected chi connectivity index (χ1v) is 23.5. The molecule has 2 aromatic carbocycles. The van der Waals surface area contributed by atoms with Gasteiger partial charge < -0.3 is 34.2 Å². The molecule has 5 heterocycles. The summed E-state index contributed by atoms with van der Waals surface area (Å²) in [6.45, 7) is 2.19. The smallest absolute Gasteiger partial charge is 0.416 e. The van der Waals surface area contributed by atoms with Gasteiger partial charge in [-0.3, -0.25) is 19.1 Å². The number of amides is 4. The number of halogens is 3. The summed E-state index contributed by atoms with van der Waals surface area (Å²) in [5, 5.41) is 6.17. The Morgan fingerprint density at radius 1 is 0.969 bits per heavy atom. The van der Waals surface area contributed by atoms with Crippen molar-refractivity contribution in [1.82, 2.24) is 30.2 Å². The molecule has 0 spiro atoms. The average molecular weight is 923 g/mol. The maximum absolute atomic E-state index is 14.8. The van der Waals surface area contributed by atoms with Gasteiger partial charge in [0.2, 0.25) is 27.4 Å². The molecule has 2 aliphatic carbocycles. The molecule has 4 aromatic rings. The normalized spacial score (nSPS) is 26.8. The number of carbonyl (C=O) groups is 4. The Morgan fingerprint density at radius 3 is 2.46 bits per heavy atom. The highest BCUT2D eigenvalue weighted by Crippen LogP contribution is 2.48. The number of ether oxygens (including phenoxy) is 3. The fraction of sp³-hybridized carbons (Fsp3) is 0.511. The molecule has 2 saturated heterocycles. The Hall–Kier alpha value is -5.76. The molecular weight excluding hydrogens is 874 g/mol. The maximum atomic E-state index is 14.8. The molecule has 65 heavy (non-hydrogen) atoms. The van der Waals surface area contributed by atoms with Crippen LogP contribution >= 0.6 is 0 Å². The van der Waals surface area contributed by atoms with Crippen LogP contribution in [0.2, 0.25) is 0 Å². The highest BCUT2D eigenvalue weighted by Gasteiger charge is 2.63. The number of fused-ring (bicyclic) bond motifs is 5. The number of rotatable bonds is 8. The van der Waals surface area contributed by atoms with Crippen molar-refractivity contribution < 1.29 is 59.4 Å². The molecule has 346 valence electrons. The molecule has 16 nitrogen and oxygen atoms in total. The molecule has 4 fully saturated rings. The van der Waals surface area contributed by atoms with Gasteiger partial charge in [0, 0.05) is 36.1 Å². The van der Waals surface area contributed by atoms with E-state index in [1.165, 1.54) is 17.0 Å². The van der Waals surface area contributed by atoms with Crippen molar-refractivity contribution in [2.45, 2.75) is 118 Å². The number of carbonyl (C=O) groups excluding carboxylic acids is 4. The number of alkyl halides is 3. The fourth-order valence-corrected chi connectivity index (χ4v) is 10.1. The van der Waals surface area contributed by atoms with Crippen molar-refractivity contribution in [3.05, 3.63) is 66.2 Å². The van der Waals surface area contributed by atoms with Gasteiger partial charge in [-0.2, -0.15) is 18.2 Å². The second-order valence-electron chi connectivity index (χ2n) is 17.8. The minimum Gasteiger partial charge on any atom is -0.470 e. The highest BCUT2D eigenvalue weighted by molar-refractivity contribution is 7.91. The Balaban J connectivity index is 1.05. The summed E-state index contributed by atoms with van der Waals surface area (Å²) in [6, 6.07) is 8.89. The molecule has 9 rings (SSSR count). The third-order valence-electron chi connectivity index (χ3n) is 13.1. The maximum Gasteiger partial charge on any atom is 0.416 e. The van der Waals surface area contributed by atoms with E-state index in [4.69, 9.17) is 18.6 Å². The molecule has 4 amide bonds. The van der Waals surface area contributed by atoms with E-state index >= 15 is 0 Å². The van der Waals surface area contributed by atoms with E-state index in [2.05, 4.69) is 25.3 Å². The summed E-state index contributed by atoms with van der Waals surface area (Å²) >= 11 is 0. The van der Waals surface area contributed by atoms with Crippen LogP contribution < -0.4 is 20.1 Å². The molecule has 0 radical (unpaired) electrons. The lowest BCUT2D eigenvalue weighted by Gasteiger charge is -2.30. The van der Waals surface area contributed by atoms with Crippen LogP contribution in [0.3, 0.4) is 0 Å². The molecule has 3 N–H and O–H groups in total. The second kappa shape index (κ2) is 17.2. The quantitative estimate of drug-likeness (QED) is 0.172. The number of nitrogens with zero attached hydrogens (tertiary/aromatic N) is 3. The van der Waals surface area contributed by atoms with E-state index in [1.807, 2.05) is 12.2 Å². The lowest BCUT2D eigenvalue weighted by atomic mass is 10.0. The van der Waals surface area contributed by atoms with Gasteiger partial charge in [0.1, 0.15) is 40.9 Å². The molecule has 3 aliphatic heterocycles. The summed E-state index contributed by atoms with van der Waals surface area (Å²) in [4.78, 5) is 67.4. The summed E-state index contributed by atoms with van der Waals surface area (Å²) in [5.74, 6) is -2.83. The molecular formula is C45H49F3N6O10S. The first-order valence-electron chi connectivity index (χ1n) is 22.0. The van der Waals surface area contributed by atoms with E-state index < -0.39 is 86.1 Å². The number of hydrogen-bond donors (Lipinski definition) is 3. The zero-order valence-electron chi connectivity index (χ0n) is 35.5. The van der Waals surface area contributed by atoms with Gasteiger partial charge in [0.15, 0.2) is 5.82 Å². The SMILES string of the molecule is CC1(S(=O)(=O)NC(=O)[C@@]23C[C@@H]2/C=C\CCCCC[C@H](NC(=O)OC2CCOCC2)C(=O)N2C[C@H](Oc4nc(-c5ccc(C(F)(F)F)cc5)nc5c4oc4ccccc45)C[C@H]2C(=O)N3)CC1. The van der Waals surface area contributed by atoms with Crippen molar-refractivity contribution >= 4 is 55.9 Å². The third-order valence-corrected chi connectivity index (χ3v) is 15.3. The Bertz CT molecular complexity index is 2650. The van der Waals surface area contributed by atoms with Crippen LogP contribution in [0.4, 0.5) is 18.0 Å². The zero-order valence-corrected chi connectivity index (χ0v) is 36.3. The standard InChI is InChI=1S/C45H49F3N6O10S/c1-43(19-20-43)65(59,60)53-41(57)44-24-28(44)9-5-3-2-4-6-11-32(49-42(58)63-29-17-21-61-22-18-29)40(56)54-25-30(23-33(54)38(55)52-44)62-39-36-35(31-10-7-8-12-34(31)64-36)50-37(51-39)26-13-15-27(16-14-26)45(46,47)48/h5,7-10,12-16,28-30,32-33H,2-4,6,11,17-25H2,1H3,(H,49,58)(H,52,55)(H,53,57)/b9-5-/t28-,30+,32-,33-,44+/m0/s1. The summed E-state index contributed by atoms with van der Waals surface area (Å²) in [5.41, 5.74) is -1.39. The molecule has 2 saturated carbocycles. The Morgan fingerprint density at radius 2 is 1.72 bits per heavy atom. The van der Waals surface area contributed by atoms with E-state index in [9.17, 15) is 40.8 Å². The highest BCUT2D eigenvalue weighted by atomic mass is 32.2. The van der Waals surface area contributed by atoms with Crippen molar-refractivity contribution in [3.8, 4) is 17.3 Å². The largest absolute Gasteiger partial charge is 0.470 e. The van der Waals surface area contributed by atoms with Gasteiger partial charge in [-0.25, -0.2) is 18.2 Å². The monoisotopic (exact) mass is 922 g/mol. The van der Waals surface area contributed by atoms with Crippen molar-refractivity contribution in [3.63, 3.8) is 0 Å². The first-order chi connectivity index (χ1) is 31.0. The lowest BCUT2D eigenvalue weighted by molar-refractivity contribution is -0.141. The minimum atomic E-state index is -4.57. The van der Waals surface area contributed by atoms with Crippen molar-refractivity contribution in [2.24, 2.45) is 5.92 Å². The van der Waals surface area contributed by atoms with Gasteiger partial charge in [-0.05, 0) is 69.7 Å². The number of aromatic nitrogens is 2. The Labute approximate surface area is 372 Å². The van der Waals surface area contributed by atoms with E-state index in [0.29, 0.717) is 74.6 Å². The molecule has 5 aliphatic rings. The summed E-state index contributed by atoms with van der Waals surface area (Å²) < 4.78 is 92.0.